The molecule has 0 saturated carbocycles. The molecule has 1 atom stereocenters. The molecule has 8 heteroatoms. The van der Waals surface area contributed by atoms with Crippen molar-refractivity contribution in [2.24, 2.45) is 0 Å². The van der Waals surface area contributed by atoms with Crippen molar-refractivity contribution in [3.05, 3.63) is 34.1 Å². The summed E-state index contributed by atoms with van der Waals surface area (Å²) in [7, 11) is 0. The van der Waals surface area contributed by atoms with Gasteiger partial charge in [0.2, 0.25) is 0 Å². The number of carboxylic acid groups (broad SMARTS) is 2. The Morgan fingerprint density at radius 3 is 2.50 bits per heavy atom. The van der Waals surface area contributed by atoms with Crippen LogP contribution in [0.3, 0.4) is 0 Å². The first kappa shape index (κ1) is 16.1. The lowest BCUT2D eigenvalue weighted by atomic mass is 10.1. The maximum atomic E-state index is 13.7. The number of aliphatic carboxylic acids is 2. The van der Waals surface area contributed by atoms with Gasteiger partial charge in [-0.2, -0.15) is 0 Å². The standard InChI is InChI=1S/C12H11BrFNO5/c13-7-3-1-2-6(10(7)14)11(18)15-8(12(19)20)4-5-9(16)17/h1-3,8H,4-5H2,(H,15,18)(H,16,17)(H,19,20). The summed E-state index contributed by atoms with van der Waals surface area (Å²) in [5, 5.41) is 19.5. The minimum Gasteiger partial charge on any atom is -0.481 e. The molecule has 0 radical (unpaired) electrons. The largest absolute Gasteiger partial charge is 0.481 e. The van der Waals surface area contributed by atoms with E-state index in [-0.39, 0.29) is 16.5 Å². The molecule has 0 saturated heterocycles. The van der Waals surface area contributed by atoms with Crippen molar-refractivity contribution in [3.8, 4) is 0 Å². The molecule has 108 valence electrons. The highest BCUT2D eigenvalue weighted by molar-refractivity contribution is 9.10. The van der Waals surface area contributed by atoms with Crippen LogP contribution in [0, 0.1) is 5.82 Å². The summed E-state index contributed by atoms with van der Waals surface area (Å²) < 4.78 is 13.7. The number of hydrogen-bond donors (Lipinski definition) is 3. The zero-order valence-electron chi connectivity index (χ0n) is 10.1. The van der Waals surface area contributed by atoms with E-state index in [9.17, 15) is 18.8 Å². The maximum absolute atomic E-state index is 13.7. The Hall–Kier alpha value is -1.96. The molecule has 1 rings (SSSR count). The lowest BCUT2D eigenvalue weighted by Crippen LogP contribution is -2.41. The van der Waals surface area contributed by atoms with Crippen LogP contribution in [0.15, 0.2) is 22.7 Å². The Balaban J connectivity index is 2.83. The van der Waals surface area contributed by atoms with Crippen molar-refractivity contribution >= 4 is 33.8 Å². The van der Waals surface area contributed by atoms with E-state index in [1.165, 1.54) is 18.2 Å². The molecular formula is C12H11BrFNO5. The fourth-order valence-electron chi connectivity index (χ4n) is 1.44. The highest BCUT2D eigenvalue weighted by Gasteiger charge is 2.23. The fraction of sp³-hybridized carbons (Fsp3) is 0.250. The van der Waals surface area contributed by atoms with Crippen LogP contribution in [-0.4, -0.2) is 34.1 Å². The molecule has 0 spiro atoms. The number of nitrogens with one attached hydrogen (secondary N) is 1. The van der Waals surface area contributed by atoms with Crippen molar-refractivity contribution < 1.29 is 29.0 Å². The van der Waals surface area contributed by atoms with Crippen molar-refractivity contribution in [3.63, 3.8) is 0 Å². The van der Waals surface area contributed by atoms with Gasteiger partial charge in [-0.3, -0.25) is 9.59 Å². The molecule has 0 aliphatic carbocycles. The third kappa shape index (κ3) is 4.30. The molecule has 0 aliphatic rings. The minimum absolute atomic E-state index is 0.0718. The molecule has 0 bridgehead atoms. The number of hydrogen-bond acceptors (Lipinski definition) is 3. The molecule has 20 heavy (non-hydrogen) atoms. The zero-order chi connectivity index (χ0) is 15.3. The molecule has 1 amide bonds. The van der Waals surface area contributed by atoms with Crippen LogP contribution in [0.4, 0.5) is 4.39 Å². The predicted molar refractivity (Wildman–Crippen MR) is 69.9 cm³/mol. The number of halogens is 2. The Morgan fingerprint density at radius 1 is 1.30 bits per heavy atom. The average Bonchev–Trinajstić information content (AvgIpc) is 2.36. The van der Waals surface area contributed by atoms with Gasteiger partial charge in [0.25, 0.3) is 5.91 Å². The quantitative estimate of drug-likeness (QED) is 0.725. The van der Waals surface area contributed by atoms with Gasteiger partial charge in [0, 0.05) is 6.42 Å². The van der Waals surface area contributed by atoms with Gasteiger partial charge in [-0.1, -0.05) is 6.07 Å². The van der Waals surface area contributed by atoms with Gasteiger partial charge in [0.1, 0.15) is 11.9 Å². The lowest BCUT2D eigenvalue weighted by molar-refractivity contribution is -0.140. The van der Waals surface area contributed by atoms with E-state index >= 15 is 0 Å². The Labute approximate surface area is 121 Å². The predicted octanol–water partition coefficient (Wildman–Crippen LogP) is 1.64. The van der Waals surface area contributed by atoms with Crippen molar-refractivity contribution in [1.82, 2.24) is 5.32 Å². The number of rotatable bonds is 6. The number of carbonyl (C=O) groups excluding carboxylic acids is 1. The van der Waals surface area contributed by atoms with Gasteiger partial charge in [0.05, 0.1) is 10.0 Å². The maximum Gasteiger partial charge on any atom is 0.326 e. The molecule has 0 fully saturated rings. The molecule has 0 heterocycles. The number of carboxylic acids is 2. The lowest BCUT2D eigenvalue weighted by Gasteiger charge is -2.14. The summed E-state index contributed by atoms with van der Waals surface area (Å²) in [6, 6.07) is 2.63. The van der Waals surface area contributed by atoms with Crippen molar-refractivity contribution in [2.75, 3.05) is 0 Å². The molecule has 1 aromatic rings. The Kier molecular flexibility index (Phi) is 5.63. The van der Waals surface area contributed by atoms with Gasteiger partial charge in [-0.25, -0.2) is 9.18 Å². The van der Waals surface area contributed by atoms with E-state index < -0.39 is 36.1 Å². The van der Waals surface area contributed by atoms with Crippen LogP contribution in [0.25, 0.3) is 0 Å². The second-order valence-corrected chi connectivity index (χ2v) is 4.75. The summed E-state index contributed by atoms with van der Waals surface area (Å²) in [6.45, 7) is 0. The van der Waals surface area contributed by atoms with Crippen molar-refractivity contribution in [1.29, 1.82) is 0 Å². The monoisotopic (exact) mass is 347 g/mol. The molecule has 0 aliphatic heterocycles. The Bertz CT molecular complexity index is 549. The SMILES string of the molecule is O=C(O)CCC(NC(=O)c1cccc(Br)c1F)C(=O)O. The van der Waals surface area contributed by atoms with Gasteiger partial charge < -0.3 is 15.5 Å². The third-order valence-corrected chi connectivity index (χ3v) is 3.06. The summed E-state index contributed by atoms with van der Waals surface area (Å²) in [5.41, 5.74) is -0.319. The number of amides is 1. The van der Waals surface area contributed by atoms with Gasteiger partial charge >= 0.3 is 11.9 Å². The van der Waals surface area contributed by atoms with E-state index in [1.807, 2.05) is 0 Å². The normalized spacial score (nSPS) is 11.7. The van der Waals surface area contributed by atoms with Gasteiger partial charge in [0.15, 0.2) is 0 Å². The summed E-state index contributed by atoms with van der Waals surface area (Å²) in [4.78, 5) is 33.1. The van der Waals surface area contributed by atoms with Crippen LogP contribution in [0.1, 0.15) is 23.2 Å². The third-order valence-electron chi connectivity index (χ3n) is 2.45. The topological polar surface area (TPSA) is 104 Å². The summed E-state index contributed by atoms with van der Waals surface area (Å²) in [6.07, 6.45) is -0.704. The van der Waals surface area contributed by atoms with Crippen molar-refractivity contribution in [2.45, 2.75) is 18.9 Å². The van der Waals surface area contributed by atoms with E-state index in [0.29, 0.717) is 0 Å². The Morgan fingerprint density at radius 2 is 1.95 bits per heavy atom. The average molecular weight is 348 g/mol. The van der Waals surface area contributed by atoms with E-state index in [2.05, 4.69) is 21.2 Å². The molecule has 3 N–H and O–H groups in total. The van der Waals surface area contributed by atoms with Gasteiger partial charge in [-0.05, 0) is 34.5 Å². The fourth-order valence-corrected chi connectivity index (χ4v) is 1.81. The van der Waals surface area contributed by atoms with E-state index in [4.69, 9.17) is 10.2 Å². The molecule has 1 aromatic carbocycles. The molecule has 6 nitrogen and oxygen atoms in total. The molecule has 1 unspecified atom stereocenters. The highest BCUT2D eigenvalue weighted by atomic mass is 79.9. The van der Waals surface area contributed by atoms with E-state index in [1.54, 1.807) is 0 Å². The second kappa shape index (κ2) is 6.99. The van der Waals surface area contributed by atoms with Crippen LogP contribution in [0.5, 0.6) is 0 Å². The first-order valence-corrected chi connectivity index (χ1v) is 6.31. The smallest absolute Gasteiger partial charge is 0.326 e. The van der Waals surface area contributed by atoms with Crippen LogP contribution in [-0.2, 0) is 9.59 Å². The van der Waals surface area contributed by atoms with Crippen LogP contribution < -0.4 is 5.32 Å². The molecular weight excluding hydrogens is 337 g/mol. The number of carbonyl (C=O) groups is 3. The minimum atomic E-state index is -1.39. The first-order valence-electron chi connectivity index (χ1n) is 5.52. The van der Waals surface area contributed by atoms with Gasteiger partial charge in [-0.15, -0.1) is 0 Å². The summed E-state index contributed by atoms with van der Waals surface area (Å²) >= 11 is 2.91. The number of benzene rings is 1. The first-order chi connectivity index (χ1) is 9.32. The molecule has 0 aromatic heterocycles. The van der Waals surface area contributed by atoms with Crippen LogP contribution in [0.2, 0.25) is 0 Å². The second-order valence-electron chi connectivity index (χ2n) is 3.90. The summed E-state index contributed by atoms with van der Waals surface area (Å²) in [5.74, 6) is -4.29. The highest BCUT2D eigenvalue weighted by Crippen LogP contribution is 2.18. The van der Waals surface area contributed by atoms with E-state index in [0.717, 1.165) is 0 Å². The zero-order valence-corrected chi connectivity index (χ0v) is 11.7. The van der Waals surface area contributed by atoms with Crippen LogP contribution >= 0.6 is 15.9 Å².